The van der Waals surface area contributed by atoms with Gasteiger partial charge in [0.25, 0.3) is 6.01 Å². The summed E-state index contributed by atoms with van der Waals surface area (Å²) in [5, 5.41) is 9.27. The normalized spacial score (nSPS) is 11.0. The van der Waals surface area contributed by atoms with Crippen molar-refractivity contribution < 1.29 is 4.42 Å². The van der Waals surface area contributed by atoms with E-state index >= 15 is 0 Å². The molecule has 6 heteroatoms. The quantitative estimate of drug-likeness (QED) is 0.597. The molecule has 0 aliphatic rings. The van der Waals surface area contributed by atoms with Crippen LogP contribution >= 0.6 is 11.6 Å². The molecular formula is C17H13ClN4O. The minimum absolute atomic E-state index is 0.443. The molecule has 2 heterocycles. The Bertz CT molecular complexity index is 972. The predicted octanol–water partition coefficient (Wildman–Crippen LogP) is 4.63. The molecule has 4 aromatic rings. The van der Waals surface area contributed by atoms with Gasteiger partial charge in [0.15, 0.2) is 5.76 Å². The molecule has 0 fully saturated rings. The maximum Gasteiger partial charge on any atom is 0.299 e. The van der Waals surface area contributed by atoms with Gasteiger partial charge in [-0.2, -0.15) is 5.10 Å². The van der Waals surface area contributed by atoms with Crippen LogP contribution in [0, 0.1) is 0 Å². The molecule has 2 aromatic carbocycles. The fourth-order valence-electron chi connectivity index (χ4n) is 2.43. The first kappa shape index (κ1) is 13.8. The number of nitrogens with zero attached hydrogens (tertiary/aromatic N) is 3. The van der Waals surface area contributed by atoms with Crippen molar-refractivity contribution in [2.24, 2.45) is 7.05 Å². The Hall–Kier alpha value is -2.79. The molecule has 4 rings (SSSR count). The van der Waals surface area contributed by atoms with Crippen LogP contribution in [0.5, 0.6) is 0 Å². The number of nitrogens with one attached hydrogen (secondary N) is 1. The maximum atomic E-state index is 5.90. The van der Waals surface area contributed by atoms with Gasteiger partial charge in [0.05, 0.1) is 11.7 Å². The summed E-state index contributed by atoms with van der Waals surface area (Å²) >= 11 is 5.90. The van der Waals surface area contributed by atoms with Gasteiger partial charge in [-0.25, -0.2) is 4.98 Å². The first-order valence-corrected chi connectivity index (χ1v) is 7.47. The van der Waals surface area contributed by atoms with E-state index in [0.717, 1.165) is 22.2 Å². The van der Waals surface area contributed by atoms with E-state index in [0.29, 0.717) is 16.8 Å². The number of rotatable bonds is 3. The minimum Gasteiger partial charge on any atom is -0.423 e. The van der Waals surface area contributed by atoms with Gasteiger partial charge in [-0.1, -0.05) is 11.6 Å². The van der Waals surface area contributed by atoms with Crippen molar-refractivity contribution in [3.8, 4) is 11.3 Å². The zero-order chi connectivity index (χ0) is 15.8. The summed E-state index contributed by atoms with van der Waals surface area (Å²) < 4.78 is 7.53. The van der Waals surface area contributed by atoms with E-state index < -0.39 is 0 Å². The van der Waals surface area contributed by atoms with Gasteiger partial charge < -0.3 is 9.73 Å². The van der Waals surface area contributed by atoms with Crippen LogP contribution < -0.4 is 5.32 Å². The molecule has 23 heavy (non-hydrogen) atoms. The molecule has 114 valence electrons. The third kappa shape index (κ3) is 2.78. The van der Waals surface area contributed by atoms with Crippen LogP contribution in [-0.2, 0) is 7.05 Å². The maximum absolute atomic E-state index is 5.90. The Morgan fingerprint density at radius 3 is 2.78 bits per heavy atom. The highest BCUT2D eigenvalue weighted by Gasteiger charge is 2.07. The number of hydrogen-bond acceptors (Lipinski definition) is 4. The van der Waals surface area contributed by atoms with Crippen LogP contribution in [0.25, 0.3) is 22.2 Å². The van der Waals surface area contributed by atoms with Crippen molar-refractivity contribution >= 4 is 34.2 Å². The third-order valence-electron chi connectivity index (χ3n) is 3.50. The number of benzene rings is 2. The van der Waals surface area contributed by atoms with Crippen molar-refractivity contribution in [1.29, 1.82) is 0 Å². The van der Waals surface area contributed by atoms with Gasteiger partial charge in [-0.3, -0.25) is 4.68 Å². The fraction of sp³-hybridized carbons (Fsp3) is 0.0588. The Labute approximate surface area is 137 Å². The smallest absolute Gasteiger partial charge is 0.299 e. The van der Waals surface area contributed by atoms with Gasteiger partial charge in [0.2, 0.25) is 0 Å². The van der Waals surface area contributed by atoms with Gasteiger partial charge >= 0.3 is 0 Å². The monoisotopic (exact) mass is 324 g/mol. The lowest BCUT2D eigenvalue weighted by Crippen LogP contribution is -1.89. The fourth-order valence-corrected chi connectivity index (χ4v) is 2.56. The number of hydrogen-bond donors (Lipinski definition) is 1. The summed E-state index contributed by atoms with van der Waals surface area (Å²) in [6.07, 6.45) is 3.66. The number of fused-ring (bicyclic) bond motifs is 1. The number of aromatic nitrogens is 3. The van der Waals surface area contributed by atoms with Gasteiger partial charge in [0.1, 0.15) is 0 Å². The summed E-state index contributed by atoms with van der Waals surface area (Å²) in [7, 11) is 1.90. The van der Waals surface area contributed by atoms with Gasteiger partial charge in [-0.05, 0) is 42.5 Å². The molecule has 0 saturated carbocycles. The summed E-state index contributed by atoms with van der Waals surface area (Å²) in [5.41, 5.74) is 2.78. The van der Waals surface area contributed by atoms with E-state index in [1.54, 1.807) is 10.9 Å². The van der Waals surface area contributed by atoms with Crippen LogP contribution in [0.2, 0.25) is 5.02 Å². The van der Waals surface area contributed by atoms with Crippen molar-refractivity contribution in [2.75, 3.05) is 5.32 Å². The lowest BCUT2D eigenvalue weighted by Gasteiger charge is -2.01. The zero-order valence-corrected chi connectivity index (χ0v) is 13.1. The molecule has 5 nitrogen and oxygen atoms in total. The van der Waals surface area contributed by atoms with E-state index in [2.05, 4.69) is 15.4 Å². The molecule has 2 aromatic heterocycles. The highest BCUT2D eigenvalue weighted by Crippen LogP contribution is 2.26. The first-order chi connectivity index (χ1) is 11.2. The lowest BCUT2D eigenvalue weighted by molar-refractivity contribution is 0.592. The van der Waals surface area contributed by atoms with Crippen molar-refractivity contribution in [2.45, 2.75) is 0 Å². The Morgan fingerprint density at radius 1 is 1.13 bits per heavy atom. The van der Waals surface area contributed by atoms with Gasteiger partial charge in [-0.15, -0.1) is 0 Å². The first-order valence-electron chi connectivity index (χ1n) is 7.09. The average Bonchev–Trinajstić information content (AvgIpc) is 3.13. The van der Waals surface area contributed by atoms with Crippen molar-refractivity contribution in [3.63, 3.8) is 0 Å². The topological polar surface area (TPSA) is 55.9 Å². The summed E-state index contributed by atoms with van der Waals surface area (Å²) in [6, 6.07) is 13.8. The molecule has 0 atom stereocenters. The standard InChI is InChI=1S/C17H13ClN4O/c1-22-10-12-8-14(6-7-15(12)21-22)20-17-19-9-16(23-17)11-2-4-13(18)5-3-11/h2-10H,1H3,(H,19,20). The molecular weight excluding hydrogens is 312 g/mol. The van der Waals surface area contributed by atoms with Crippen LogP contribution in [-0.4, -0.2) is 14.8 Å². The van der Waals surface area contributed by atoms with Crippen molar-refractivity contribution in [1.82, 2.24) is 14.8 Å². The molecule has 0 aliphatic carbocycles. The number of halogens is 1. The summed E-state index contributed by atoms with van der Waals surface area (Å²) in [4.78, 5) is 4.26. The second kappa shape index (κ2) is 5.44. The largest absolute Gasteiger partial charge is 0.423 e. The highest BCUT2D eigenvalue weighted by atomic mass is 35.5. The molecule has 1 N–H and O–H groups in total. The number of anilines is 2. The van der Waals surface area contributed by atoms with E-state index in [-0.39, 0.29) is 0 Å². The van der Waals surface area contributed by atoms with Crippen molar-refractivity contribution in [3.05, 3.63) is 59.9 Å². The third-order valence-corrected chi connectivity index (χ3v) is 3.76. The van der Waals surface area contributed by atoms with E-state index in [1.807, 2.05) is 55.7 Å². The van der Waals surface area contributed by atoms with Crippen LogP contribution in [0.4, 0.5) is 11.7 Å². The van der Waals surface area contributed by atoms with Gasteiger partial charge in [0, 0.05) is 34.9 Å². The van der Waals surface area contributed by atoms with Crippen LogP contribution in [0.15, 0.2) is 59.3 Å². The zero-order valence-electron chi connectivity index (χ0n) is 12.3. The van der Waals surface area contributed by atoms with E-state index in [1.165, 1.54) is 0 Å². The molecule has 0 aliphatic heterocycles. The predicted molar refractivity (Wildman–Crippen MR) is 90.9 cm³/mol. The molecule has 0 saturated heterocycles. The molecule has 0 bridgehead atoms. The molecule has 0 amide bonds. The second-order valence-electron chi connectivity index (χ2n) is 5.24. The minimum atomic E-state index is 0.443. The lowest BCUT2D eigenvalue weighted by atomic mass is 10.2. The van der Waals surface area contributed by atoms with Crippen LogP contribution in [0.3, 0.4) is 0 Å². The molecule has 0 spiro atoms. The summed E-state index contributed by atoms with van der Waals surface area (Å²) in [6.45, 7) is 0. The van der Waals surface area contributed by atoms with E-state index in [9.17, 15) is 0 Å². The SMILES string of the molecule is Cn1cc2cc(Nc3ncc(-c4ccc(Cl)cc4)o3)ccc2n1. The number of aryl methyl sites for hydroxylation is 1. The average molecular weight is 325 g/mol. The Balaban J connectivity index is 1.59. The van der Waals surface area contributed by atoms with Crippen LogP contribution in [0.1, 0.15) is 0 Å². The van der Waals surface area contributed by atoms with E-state index in [4.69, 9.17) is 16.0 Å². The number of oxazole rings is 1. The Kier molecular flexibility index (Phi) is 3.28. The second-order valence-corrected chi connectivity index (χ2v) is 5.67. The highest BCUT2D eigenvalue weighted by molar-refractivity contribution is 6.30. The summed E-state index contributed by atoms with van der Waals surface area (Å²) in [5.74, 6) is 0.687. The molecule has 0 radical (unpaired) electrons. The molecule has 0 unspecified atom stereocenters. The Morgan fingerprint density at radius 2 is 1.96 bits per heavy atom.